The molecule has 0 bridgehead atoms. The summed E-state index contributed by atoms with van der Waals surface area (Å²) in [6.07, 6.45) is 0. The third-order valence-electron chi connectivity index (χ3n) is 2.23. The predicted molar refractivity (Wildman–Crippen MR) is 58.2 cm³/mol. The van der Waals surface area contributed by atoms with Gasteiger partial charge in [0, 0.05) is 5.39 Å². The Morgan fingerprint density at radius 3 is 2.67 bits per heavy atom. The average Bonchev–Trinajstić information content (AvgIpc) is 2.22. The molecule has 0 aliphatic rings. The van der Waals surface area contributed by atoms with Crippen LogP contribution in [0.15, 0.2) is 36.4 Å². The quantitative estimate of drug-likeness (QED) is 0.731. The van der Waals surface area contributed by atoms with Gasteiger partial charge in [0.25, 0.3) is 0 Å². The Morgan fingerprint density at radius 1 is 1.20 bits per heavy atom. The van der Waals surface area contributed by atoms with E-state index < -0.39 is 11.4 Å². The number of aryl methyl sites for hydroxylation is 1. The fraction of sp³-hybridized carbons (Fsp3) is 0.0909. The van der Waals surface area contributed by atoms with Crippen molar-refractivity contribution in [3.8, 4) is 5.75 Å². The van der Waals surface area contributed by atoms with Gasteiger partial charge in [-0.25, -0.2) is 4.21 Å². The highest BCUT2D eigenvalue weighted by molar-refractivity contribution is 7.74. The van der Waals surface area contributed by atoms with Crippen LogP contribution in [0.2, 0.25) is 0 Å². The average molecular weight is 221 g/mol. The van der Waals surface area contributed by atoms with E-state index in [1.807, 2.05) is 43.3 Å². The minimum absolute atomic E-state index is 0.404. The highest BCUT2D eigenvalue weighted by Crippen LogP contribution is 2.29. The van der Waals surface area contributed by atoms with Crippen molar-refractivity contribution in [3.63, 3.8) is 0 Å². The van der Waals surface area contributed by atoms with Crippen LogP contribution in [0, 0.1) is 6.92 Å². The molecule has 2 rings (SSSR count). The lowest BCUT2D eigenvalue weighted by molar-refractivity contribution is 0.441. The lowest BCUT2D eigenvalue weighted by atomic mass is 10.1. The molecular weight excluding hydrogens is 212 g/mol. The molecule has 0 amide bonds. The molecule has 0 saturated carbocycles. The van der Waals surface area contributed by atoms with E-state index in [2.05, 4.69) is 0 Å². The molecule has 0 spiro atoms. The van der Waals surface area contributed by atoms with Gasteiger partial charge in [-0.1, -0.05) is 36.4 Å². The zero-order valence-corrected chi connectivity index (χ0v) is 8.91. The fourth-order valence-corrected chi connectivity index (χ4v) is 1.89. The van der Waals surface area contributed by atoms with Crippen LogP contribution in [0.4, 0.5) is 0 Å². The first-order valence-corrected chi connectivity index (χ1v) is 5.44. The van der Waals surface area contributed by atoms with Gasteiger partial charge in [0.2, 0.25) is 0 Å². The Balaban J connectivity index is 2.68. The smallest absolute Gasteiger partial charge is 0.149 e. The molecule has 0 saturated heterocycles. The van der Waals surface area contributed by atoms with Gasteiger partial charge >= 0.3 is 0 Å². The fourth-order valence-electron chi connectivity index (χ4n) is 1.53. The van der Waals surface area contributed by atoms with Crippen molar-refractivity contribution in [2.24, 2.45) is 0 Å². The zero-order chi connectivity index (χ0) is 10.8. The summed E-state index contributed by atoms with van der Waals surface area (Å²) in [4.78, 5) is 0. The summed E-state index contributed by atoms with van der Waals surface area (Å²) in [5.74, 6) is 0.404. The zero-order valence-electron chi connectivity index (χ0n) is 8.10. The molecule has 0 radical (unpaired) electrons. The van der Waals surface area contributed by atoms with E-state index in [0.717, 1.165) is 16.3 Å². The van der Waals surface area contributed by atoms with Crippen LogP contribution in [-0.2, 0) is 11.4 Å². The summed E-state index contributed by atoms with van der Waals surface area (Å²) in [5.41, 5.74) is 0.804. The molecule has 0 aliphatic carbocycles. The summed E-state index contributed by atoms with van der Waals surface area (Å²) in [6, 6.07) is 11.3. The Morgan fingerprint density at radius 2 is 1.93 bits per heavy atom. The predicted octanol–water partition coefficient (Wildman–Crippen LogP) is 2.32. The molecule has 1 unspecified atom stereocenters. The topological polar surface area (TPSA) is 49.4 Å². The molecule has 0 aliphatic heterocycles. The second kappa shape index (κ2) is 4.00. The SMILES string of the molecule is Cc1ccc2ccccc2c1OS(=O)[O-]. The molecule has 3 nitrogen and oxygen atoms in total. The maximum Gasteiger partial charge on any atom is 0.149 e. The minimum Gasteiger partial charge on any atom is -0.740 e. The van der Waals surface area contributed by atoms with E-state index in [1.54, 1.807) is 0 Å². The first-order chi connectivity index (χ1) is 7.18. The Kier molecular flexibility index (Phi) is 2.70. The molecule has 0 fully saturated rings. The summed E-state index contributed by atoms with van der Waals surface area (Å²) in [5, 5.41) is 1.77. The van der Waals surface area contributed by atoms with Crippen LogP contribution in [0.5, 0.6) is 5.75 Å². The first-order valence-electron chi connectivity index (χ1n) is 4.44. The van der Waals surface area contributed by atoms with Crippen molar-refractivity contribution in [1.29, 1.82) is 0 Å². The summed E-state index contributed by atoms with van der Waals surface area (Å²) >= 11 is -2.53. The van der Waals surface area contributed by atoms with Crippen LogP contribution in [0.25, 0.3) is 10.8 Å². The van der Waals surface area contributed by atoms with Crippen molar-refractivity contribution < 1.29 is 12.9 Å². The second-order valence-corrected chi connectivity index (χ2v) is 3.80. The number of hydrogen-bond donors (Lipinski definition) is 0. The standard InChI is InChI=1S/C11H10O3S/c1-8-6-7-9-4-2-3-5-10(9)11(8)14-15(12)13/h2-7H,1H3,(H,12,13)/p-1. The second-order valence-electron chi connectivity index (χ2n) is 3.22. The van der Waals surface area contributed by atoms with E-state index in [1.165, 1.54) is 0 Å². The molecule has 2 aromatic carbocycles. The largest absolute Gasteiger partial charge is 0.740 e. The molecule has 0 N–H and O–H groups in total. The lowest BCUT2D eigenvalue weighted by Crippen LogP contribution is -2.00. The van der Waals surface area contributed by atoms with Crippen LogP contribution in [0.3, 0.4) is 0 Å². The molecule has 15 heavy (non-hydrogen) atoms. The van der Waals surface area contributed by atoms with Gasteiger partial charge in [-0.15, -0.1) is 0 Å². The van der Waals surface area contributed by atoms with Crippen molar-refractivity contribution in [1.82, 2.24) is 0 Å². The monoisotopic (exact) mass is 221 g/mol. The van der Waals surface area contributed by atoms with Crippen molar-refractivity contribution in [2.45, 2.75) is 6.92 Å². The summed E-state index contributed by atoms with van der Waals surface area (Å²) in [7, 11) is 0. The maximum absolute atomic E-state index is 10.5. The lowest BCUT2D eigenvalue weighted by Gasteiger charge is -2.12. The molecule has 0 heterocycles. The third kappa shape index (κ3) is 2.00. The van der Waals surface area contributed by atoms with Gasteiger partial charge in [-0.3, -0.25) is 0 Å². The maximum atomic E-state index is 10.5. The van der Waals surface area contributed by atoms with E-state index in [4.69, 9.17) is 4.18 Å². The highest BCUT2D eigenvalue weighted by Gasteiger charge is 2.05. The summed E-state index contributed by atoms with van der Waals surface area (Å²) in [6.45, 7) is 1.81. The van der Waals surface area contributed by atoms with Crippen molar-refractivity contribution in [2.75, 3.05) is 0 Å². The van der Waals surface area contributed by atoms with Gasteiger partial charge in [-0.05, 0) is 17.9 Å². The van der Waals surface area contributed by atoms with Crippen LogP contribution >= 0.6 is 0 Å². The van der Waals surface area contributed by atoms with Crippen LogP contribution < -0.4 is 4.18 Å². The molecule has 4 heteroatoms. The number of benzene rings is 2. The van der Waals surface area contributed by atoms with Gasteiger partial charge in [-0.2, -0.15) is 0 Å². The molecule has 78 valence electrons. The van der Waals surface area contributed by atoms with Gasteiger partial charge in [0.05, 0.1) is 0 Å². The van der Waals surface area contributed by atoms with E-state index in [9.17, 15) is 8.76 Å². The van der Waals surface area contributed by atoms with E-state index in [0.29, 0.717) is 5.75 Å². The number of hydrogen-bond acceptors (Lipinski definition) is 3. The number of rotatable bonds is 2. The first kappa shape index (κ1) is 10.1. The van der Waals surface area contributed by atoms with Gasteiger partial charge in [0.15, 0.2) is 0 Å². The summed E-state index contributed by atoms with van der Waals surface area (Å²) < 4.78 is 25.9. The van der Waals surface area contributed by atoms with Crippen molar-refractivity contribution >= 4 is 22.1 Å². The minimum atomic E-state index is -2.53. The van der Waals surface area contributed by atoms with Crippen LogP contribution in [0.1, 0.15) is 5.56 Å². The van der Waals surface area contributed by atoms with Gasteiger partial charge in [0.1, 0.15) is 17.1 Å². The van der Waals surface area contributed by atoms with Crippen molar-refractivity contribution in [3.05, 3.63) is 42.0 Å². The Hall–Kier alpha value is -1.39. The molecule has 1 atom stereocenters. The number of fused-ring (bicyclic) bond motifs is 1. The molecule has 0 aromatic heterocycles. The highest BCUT2D eigenvalue weighted by atomic mass is 32.2. The molecular formula is C11H9O3S-. The molecule has 2 aromatic rings. The van der Waals surface area contributed by atoms with E-state index in [-0.39, 0.29) is 0 Å². The normalized spacial score (nSPS) is 12.7. The van der Waals surface area contributed by atoms with Crippen LogP contribution in [-0.4, -0.2) is 8.76 Å². The Bertz CT molecular complexity index is 522. The van der Waals surface area contributed by atoms with Gasteiger partial charge < -0.3 is 8.74 Å². The Labute approximate surface area is 90.2 Å². The van der Waals surface area contributed by atoms with E-state index >= 15 is 0 Å². The third-order valence-corrected chi connectivity index (χ3v) is 2.53.